The molecule has 8 nitrogen and oxygen atoms in total. The van der Waals surface area contributed by atoms with Gasteiger partial charge in [0.2, 0.25) is 0 Å². The van der Waals surface area contributed by atoms with Crippen LogP contribution in [0.5, 0.6) is 5.75 Å². The highest BCUT2D eigenvalue weighted by atomic mass is 32.1. The zero-order valence-corrected chi connectivity index (χ0v) is 17.5. The number of nitrogens with zero attached hydrogens (tertiary/aromatic N) is 2. The van der Waals surface area contributed by atoms with Crippen LogP contribution < -0.4 is 9.54 Å². The summed E-state index contributed by atoms with van der Waals surface area (Å²) in [6, 6.07) is 11.6. The number of amides is 1. The third-order valence-corrected chi connectivity index (χ3v) is 5.27. The van der Waals surface area contributed by atoms with Gasteiger partial charge in [0.15, 0.2) is 4.80 Å². The topological polar surface area (TPSA) is 96.2 Å². The molecule has 0 fully saturated rings. The van der Waals surface area contributed by atoms with Crippen molar-refractivity contribution in [3.63, 3.8) is 0 Å². The maximum atomic E-state index is 12.7. The van der Waals surface area contributed by atoms with E-state index in [1.54, 1.807) is 47.0 Å². The van der Waals surface area contributed by atoms with Gasteiger partial charge < -0.3 is 18.8 Å². The van der Waals surface area contributed by atoms with Crippen LogP contribution >= 0.6 is 11.3 Å². The van der Waals surface area contributed by atoms with Crippen LogP contribution in [0.2, 0.25) is 0 Å². The van der Waals surface area contributed by atoms with Crippen LogP contribution in [-0.2, 0) is 20.8 Å². The van der Waals surface area contributed by atoms with E-state index in [0.717, 1.165) is 0 Å². The average molecular weight is 428 g/mol. The highest BCUT2D eigenvalue weighted by Crippen LogP contribution is 2.20. The molecule has 3 rings (SSSR count). The molecule has 0 unspecified atom stereocenters. The summed E-state index contributed by atoms with van der Waals surface area (Å²) in [4.78, 5) is 40.9. The van der Waals surface area contributed by atoms with Gasteiger partial charge in [0.25, 0.3) is 5.91 Å². The van der Waals surface area contributed by atoms with E-state index in [4.69, 9.17) is 14.2 Å². The third-order valence-electron chi connectivity index (χ3n) is 4.23. The smallest absolute Gasteiger partial charge is 0.337 e. The molecule has 9 heteroatoms. The maximum absolute atomic E-state index is 12.7. The summed E-state index contributed by atoms with van der Waals surface area (Å²) in [5.41, 5.74) is 1.40. The molecule has 0 aliphatic carbocycles. The van der Waals surface area contributed by atoms with Crippen LogP contribution in [0, 0.1) is 0 Å². The first-order valence-electron chi connectivity index (χ1n) is 9.07. The summed E-state index contributed by atoms with van der Waals surface area (Å²) >= 11 is 1.19. The zero-order chi connectivity index (χ0) is 21.7. The van der Waals surface area contributed by atoms with E-state index in [0.29, 0.717) is 38.5 Å². The van der Waals surface area contributed by atoms with Gasteiger partial charge in [-0.1, -0.05) is 11.3 Å². The van der Waals surface area contributed by atoms with Crippen LogP contribution in [0.1, 0.15) is 27.6 Å². The van der Waals surface area contributed by atoms with Crippen molar-refractivity contribution in [1.82, 2.24) is 4.57 Å². The molecular weight excluding hydrogens is 408 g/mol. The van der Waals surface area contributed by atoms with E-state index < -0.39 is 17.8 Å². The Morgan fingerprint density at radius 2 is 1.70 bits per heavy atom. The van der Waals surface area contributed by atoms with Crippen LogP contribution in [0.15, 0.2) is 47.5 Å². The van der Waals surface area contributed by atoms with Crippen molar-refractivity contribution in [3.05, 3.63) is 58.4 Å². The lowest BCUT2D eigenvalue weighted by atomic mass is 10.2. The van der Waals surface area contributed by atoms with E-state index >= 15 is 0 Å². The first-order valence-corrected chi connectivity index (χ1v) is 9.89. The Balaban J connectivity index is 2.07. The normalized spacial score (nSPS) is 11.4. The van der Waals surface area contributed by atoms with Crippen molar-refractivity contribution < 1.29 is 28.6 Å². The molecule has 0 aliphatic heterocycles. The average Bonchev–Trinajstić information content (AvgIpc) is 3.09. The number of fused-ring (bicyclic) bond motifs is 1. The van der Waals surface area contributed by atoms with E-state index in [1.165, 1.54) is 25.6 Å². The van der Waals surface area contributed by atoms with E-state index in [1.807, 2.05) is 6.92 Å². The van der Waals surface area contributed by atoms with Crippen molar-refractivity contribution in [2.75, 3.05) is 20.8 Å². The Morgan fingerprint density at radius 3 is 2.33 bits per heavy atom. The predicted molar refractivity (Wildman–Crippen MR) is 111 cm³/mol. The van der Waals surface area contributed by atoms with Gasteiger partial charge in [-0.2, -0.15) is 4.99 Å². The van der Waals surface area contributed by atoms with Crippen LogP contribution in [0.25, 0.3) is 10.2 Å². The molecule has 0 saturated heterocycles. The second-order valence-electron chi connectivity index (χ2n) is 6.10. The lowest BCUT2D eigenvalue weighted by molar-refractivity contribution is -0.141. The number of hydrogen-bond acceptors (Lipinski definition) is 7. The number of methoxy groups -OCH3 is 2. The number of thiazole rings is 1. The molecule has 0 radical (unpaired) electrons. The van der Waals surface area contributed by atoms with E-state index in [2.05, 4.69) is 4.99 Å². The van der Waals surface area contributed by atoms with Gasteiger partial charge >= 0.3 is 11.9 Å². The minimum Gasteiger partial charge on any atom is -0.494 e. The SMILES string of the molecule is CCOc1ccc(C(=O)N=c2sc3cc(C(=O)OC)ccc3n2CC(=O)OC)cc1. The van der Waals surface area contributed by atoms with E-state index in [9.17, 15) is 14.4 Å². The Labute approximate surface area is 176 Å². The van der Waals surface area contributed by atoms with Crippen molar-refractivity contribution in [1.29, 1.82) is 0 Å². The van der Waals surface area contributed by atoms with Crippen LogP contribution in [0.4, 0.5) is 0 Å². The van der Waals surface area contributed by atoms with Gasteiger partial charge in [-0.3, -0.25) is 9.59 Å². The number of esters is 2. The maximum Gasteiger partial charge on any atom is 0.337 e. The van der Waals surface area contributed by atoms with Gasteiger partial charge in [-0.05, 0) is 49.4 Å². The third kappa shape index (κ3) is 4.57. The van der Waals surface area contributed by atoms with Gasteiger partial charge in [0.05, 0.1) is 36.6 Å². The second-order valence-corrected chi connectivity index (χ2v) is 7.10. The highest BCUT2D eigenvalue weighted by Gasteiger charge is 2.15. The molecular formula is C21H20N2O6S. The predicted octanol–water partition coefficient (Wildman–Crippen LogP) is 2.80. The fourth-order valence-corrected chi connectivity index (χ4v) is 3.83. The molecule has 1 heterocycles. The molecule has 30 heavy (non-hydrogen) atoms. The molecule has 2 aromatic carbocycles. The quantitative estimate of drug-likeness (QED) is 0.560. The first kappa shape index (κ1) is 21.3. The lowest BCUT2D eigenvalue weighted by Crippen LogP contribution is -2.22. The molecule has 0 spiro atoms. The van der Waals surface area contributed by atoms with Gasteiger partial charge in [0, 0.05) is 5.56 Å². The largest absolute Gasteiger partial charge is 0.494 e. The van der Waals surface area contributed by atoms with Crippen molar-refractivity contribution in [2.24, 2.45) is 4.99 Å². The summed E-state index contributed by atoms with van der Waals surface area (Å²) in [7, 11) is 2.59. The number of rotatable bonds is 6. The monoisotopic (exact) mass is 428 g/mol. The molecule has 0 bridgehead atoms. The van der Waals surface area contributed by atoms with Crippen molar-refractivity contribution >= 4 is 39.4 Å². The van der Waals surface area contributed by atoms with Crippen molar-refractivity contribution in [3.8, 4) is 5.75 Å². The van der Waals surface area contributed by atoms with Crippen molar-refractivity contribution in [2.45, 2.75) is 13.5 Å². The highest BCUT2D eigenvalue weighted by molar-refractivity contribution is 7.16. The Morgan fingerprint density at radius 1 is 1.00 bits per heavy atom. The Kier molecular flexibility index (Phi) is 6.63. The lowest BCUT2D eigenvalue weighted by Gasteiger charge is -2.05. The van der Waals surface area contributed by atoms with Crippen LogP contribution in [0.3, 0.4) is 0 Å². The number of carbonyl (C=O) groups excluding carboxylic acids is 3. The first-order chi connectivity index (χ1) is 14.5. The molecule has 156 valence electrons. The number of ether oxygens (including phenoxy) is 3. The van der Waals surface area contributed by atoms with Gasteiger partial charge in [0.1, 0.15) is 12.3 Å². The number of hydrogen-bond donors (Lipinski definition) is 0. The Bertz CT molecular complexity index is 1160. The standard InChI is InChI=1S/C21H20N2O6S/c1-4-29-15-8-5-13(6-9-15)19(25)22-21-23(12-18(24)27-2)16-10-7-14(20(26)28-3)11-17(16)30-21/h5-11H,4,12H2,1-3H3. The molecule has 0 aliphatic rings. The fraction of sp³-hybridized carbons (Fsp3) is 0.238. The summed E-state index contributed by atoms with van der Waals surface area (Å²) in [6.45, 7) is 2.28. The number of carbonyl (C=O) groups is 3. The van der Waals surface area contributed by atoms with Gasteiger partial charge in [-0.15, -0.1) is 0 Å². The molecule has 0 atom stereocenters. The van der Waals surface area contributed by atoms with E-state index in [-0.39, 0.29) is 6.54 Å². The Hall–Kier alpha value is -3.46. The zero-order valence-electron chi connectivity index (χ0n) is 16.7. The fourth-order valence-electron chi connectivity index (χ4n) is 2.76. The molecule has 0 saturated carbocycles. The summed E-state index contributed by atoms with van der Waals surface area (Å²) in [5.74, 6) is -0.765. The summed E-state index contributed by atoms with van der Waals surface area (Å²) < 4.78 is 17.2. The van der Waals surface area contributed by atoms with Gasteiger partial charge in [-0.25, -0.2) is 4.79 Å². The second kappa shape index (κ2) is 9.36. The molecule has 1 amide bonds. The molecule has 1 aromatic heterocycles. The molecule has 3 aromatic rings. The summed E-state index contributed by atoms with van der Waals surface area (Å²) in [6.07, 6.45) is 0. The molecule has 0 N–H and O–H groups in total. The minimum absolute atomic E-state index is 0.122. The summed E-state index contributed by atoms with van der Waals surface area (Å²) in [5, 5.41) is 0. The minimum atomic E-state index is -0.485. The number of benzene rings is 2. The van der Waals surface area contributed by atoms with Crippen LogP contribution in [-0.4, -0.2) is 43.2 Å². The number of aromatic nitrogens is 1.